The van der Waals surface area contributed by atoms with Crippen molar-refractivity contribution in [3.63, 3.8) is 0 Å². The molecule has 100 valence electrons. The van der Waals surface area contributed by atoms with Gasteiger partial charge in [0.2, 0.25) is 5.91 Å². The molecule has 2 rings (SSSR count). The van der Waals surface area contributed by atoms with E-state index in [-0.39, 0.29) is 11.9 Å². The van der Waals surface area contributed by atoms with Gasteiger partial charge in [-0.15, -0.1) is 0 Å². The van der Waals surface area contributed by atoms with E-state index in [0.29, 0.717) is 12.3 Å². The Bertz CT molecular complexity index is 419. The van der Waals surface area contributed by atoms with E-state index < -0.39 is 0 Å². The first-order valence-electron chi connectivity index (χ1n) is 6.63. The van der Waals surface area contributed by atoms with E-state index in [1.165, 1.54) is 0 Å². The van der Waals surface area contributed by atoms with Crippen LogP contribution in [0.5, 0.6) is 0 Å². The number of rotatable bonds is 4. The van der Waals surface area contributed by atoms with Crippen molar-refractivity contribution < 1.29 is 9.21 Å². The smallest absolute Gasteiger partial charge is 0.220 e. The van der Waals surface area contributed by atoms with Gasteiger partial charge in [-0.1, -0.05) is 0 Å². The second-order valence-corrected chi connectivity index (χ2v) is 5.22. The summed E-state index contributed by atoms with van der Waals surface area (Å²) in [6.07, 6.45) is 1.72. The molecule has 2 N–H and O–H groups in total. The highest BCUT2D eigenvalue weighted by Gasteiger charge is 2.20. The predicted octanol–water partition coefficient (Wildman–Crippen LogP) is 2.07. The summed E-state index contributed by atoms with van der Waals surface area (Å²) in [4.78, 5) is 11.9. The second-order valence-electron chi connectivity index (χ2n) is 5.22. The Morgan fingerprint density at radius 3 is 2.94 bits per heavy atom. The monoisotopic (exact) mass is 250 g/mol. The number of aryl methyl sites for hydroxylation is 2. The maximum Gasteiger partial charge on any atom is 0.220 e. The van der Waals surface area contributed by atoms with Crippen LogP contribution in [0.25, 0.3) is 0 Å². The second kappa shape index (κ2) is 5.57. The number of carbonyl (C=O) groups is 1. The van der Waals surface area contributed by atoms with E-state index in [9.17, 15) is 4.79 Å². The predicted molar refractivity (Wildman–Crippen MR) is 70.3 cm³/mol. The molecule has 0 bridgehead atoms. The van der Waals surface area contributed by atoms with E-state index in [1.54, 1.807) is 0 Å². The third-order valence-electron chi connectivity index (χ3n) is 3.56. The highest BCUT2D eigenvalue weighted by Crippen LogP contribution is 2.21. The Morgan fingerprint density at radius 1 is 1.61 bits per heavy atom. The van der Waals surface area contributed by atoms with Crippen LogP contribution in [0.2, 0.25) is 0 Å². The van der Waals surface area contributed by atoms with E-state index >= 15 is 0 Å². The minimum Gasteiger partial charge on any atom is -0.466 e. The molecule has 1 aliphatic heterocycles. The van der Waals surface area contributed by atoms with Gasteiger partial charge in [0.1, 0.15) is 11.5 Å². The molecule has 0 saturated carbocycles. The van der Waals surface area contributed by atoms with Gasteiger partial charge in [-0.25, -0.2) is 0 Å². The molecular formula is C14H22N2O2. The molecule has 0 radical (unpaired) electrons. The van der Waals surface area contributed by atoms with Crippen molar-refractivity contribution in [3.8, 4) is 0 Å². The third-order valence-corrected chi connectivity index (χ3v) is 3.56. The molecule has 0 aliphatic carbocycles. The quantitative estimate of drug-likeness (QED) is 0.860. The molecule has 1 amide bonds. The zero-order valence-corrected chi connectivity index (χ0v) is 11.4. The fourth-order valence-corrected chi connectivity index (χ4v) is 2.61. The average molecular weight is 250 g/mol. The van der Waals surface area contributed by atoms with Crippen LogP contribution < -0.4 is 10.6 Å². The fourth-order valence-electron chi connectivity index (χ4n) is 2.61. The first kappa shape index (κ1) is 13.1. The summed E-state index contributed by atoms with van der Waals surface area (Å²) in [6.45, 7) is 7.86. The van der Waals surface area contributed by atoms with Crippen LogP contribution in [0.4, 0.5) is 0 Å². The lowest BCUT2D eigenvalue weighted by molar-refractivity contribution is -0.122. The highest BCUT2D eigenvalue weighted by atomic mass is 16.3. The Kier molecular flexibility index (Phi) is 4.07. The standard InChI is InChI=1S/C14H22N2O2/c1-9-6-13(11(3)18-9)10(2)16-14(17)7-12-4-5-15-8-12/h6,10,12,15H,4-5,7-8H2,1-3H3,(H,16,17). The molecule has 2 unspecified atom stereocenters. The van der Waals surface area contributed by atoms with Crippen LogP contribution in [0.15, 0.2) is 10.5 Å². The minimum absolute atomic E-state index is 0.0179. The molecule has 18 heavy (non-hydrogen) atoms. The van der Waals surface area contributed by atoms with E-state index in [0.717, 1.165) is 36.6 Å². The van der Waals surface area contributed by atoms with Gasteiger partial charge in [0.05, 0.1) is 6.04 Å². The van der Waals surface area contributed by atoms with Crippen molar-refractivity contribution in [1.29, 1.82) is 0 Å². The van der Waals surface area contributed by atoms with Crippen molar-refractivity contribution in [2.24, 2.45) is 5.92 Å². The molecule has 2 heterocycles. The molecule has 1 aromatic heterocycles. The molecule has 4 nitrogen and oxygen atoms in total. The van der Waals surface area contributed by atoms with Gasteiger partial charge in [-0.05, 0) is 52.3 Å². The average Bonchev–Trinajstić information content (AvgIpc) is 2.88. The molecule has 1 fully saturated rings. The maximum atomic E-state index is 11.9. The molecule has 4 heteroatoms. The summed E-state index contributed by atoms with van der Waals surface area (Å²) in [7, 11) is 0. The lowest BCUT2D eigenvalue weighted by Crippen LogP contribution is -2.29. The SMILES string of the molecule is Cc1cc(C(C)NC(=O)CC2CCNC2)c(C)o1. The number of hydrogen-bond acceptors (Lipinski definition) is 3. The maximum absolute atomic E-state index is 11.9. The van der Waals surface area contributed by atoms with Crippen molar-refractivity contribution in [1.82, 2.24) is 10.6 Å². The van der Waals surface area contributed by atoms with Crippen molar-refractivity contribution in [2.45, 2.75) is 39.7 Å². The number of furan rings is 1. The summed E-state index contributed by atoms with van der Waals surface area (Å²) >= 11 is 0. The zero-order valence-electron chi connectivity index (χ0n) is 11.4. The molecule has 0 aromatic carbocycles. The number of nitrogens with one attached hydrogen (secondary N) is 2. The molecule has 1 aromatic rings. The van der Waals surface area contributed by atoms with Crippen LogP contribution in [-0.4, -0.2) is 19.0 Å². The molecule has 0 spiro atoms. The molecule has 1 aliphatic rings. The van der Waals surface area contributed by atoms with Crippen LogP contribution >= 0.6 is 0 Å². The topological polar surface area (TPSA) is 54.3 Å². The first-order chi connectivity index (χ1) is 8.56. The lowest BCUT2D eigenvalue weighted by Gasteiger charge is -2.15. The van der Waals surface area contributed by atoms with Crippen molar-refractivity contribution in [2.75, 3.05) is 13.1 Å². The highest BCUT2D eigenvalue weighted by molar-refractivity contribution is 5.76. The number of hydrogen-bond donors (Lipinski definition) is 2. The number of carbonyl (C=O) groups excluding carboxylic acids is 1. The van der Waals surface area contributed by atoms with Gasteiger partial charge in [0, 0.05) is 12.0 Å². The van der Waals surface area contributed by atoms with Gasteiger partial charge >= 0.3 is 0 Å². The normalized spacial score (nSPS) is 20.9. The van der Waals surface area contributed by atoms with E-state index in [4.69, 9.17) is 4.42 Å². The molecular weight excluding hydrogens is 228 g/mol. The van der Waals surface area contributed by atoms with Crippen LogP contribution in [0, 0.1) is 19.8 Å². The minimum atomic E-state index is 0.0179. The lowest BCUT2D eigenvalue weighted by atomic mass is 10.0. The van der Waals surface area contributed by atoms with E-state index in [1.807, 2.05) is 26.8 Å². The molecule has 2 atom stereocenters. The van der Waals surface area contributed by atoms with Gasteiger partial charge < -0.3 is 15.1 Å². The Hall–Kier alpha value is -1.29. The summed E-state index contributed by atoms with van der Waals surface area (Å²) in [6, 6.07) is 2.02. The zero-order chi connectivity index (χ0) is 13.1. The fraction of sp³-hybridized carbons (Fsp3) is 0.643. The van der Waals surface area contributed by atoms with Gasteiger partial charge in [0.15, 0.2) is 0 Å². The van der Waals surface area contributed by atoms with Crippen molar-refractivity contribution in [3.05, 3.63) is 23.2 Å². The van der Waals surface area contributed by atoms with E-state index in [2.05, 4.69) is 10.6 Å². The Morgan fingerprint density at radius 2 is 2.39 bits per heavy atom. The van der Waals surface area contributed by atoms with Gasteiger partial charge in [-0.2, -0.15) is 0 Å². The van der Waals surface area contributed by atoms with Crippen LogP contribution in [0.1, 0.15) is 42.9 Å². The Balaban J connectivity index is 1.88. The summed E-state index contributed by atoms with van der Waals surface area (Å²) in [5.41, 5.74) is 1.07. The summed E-state index contributed by atoms with van der Waals surface area (Å²) < 4.78 is 5.49. The summed E-state index contributed by atoms with van der Waals surface area (Å²) in [5, 5.41) is 6.33. The first-order valence-corrected chi connectivity index (χ1v) is 6.63. The van der Waals surface area contributed by atoms with Crippen LogP contribution in [0.3, 0.4) is 0 Å². The van der Waals surface area contributed by atoms with Gasteiger partial charge in [-0.3, -0.25) is 4.79 Å². The third kappa shape index (κ3) is 3.13. The van der Waals surface area contributed by atoms with Gasteiger partial charge in [0.25, 0.3) is 0 Å². The largest absolute Gasteiger partial charge is 0.466 e. The van der Waals surface area contributed by atoms with Crippen molar-refractivity contribution >= 4 is 5.91 Å². The van der Waals surface area contributed by atoms with Crippen LogP contribution in [-0.2, 0) is 4.79 Å². The molecule has 1 saturated heterocycles. The number of amides is 1. The summed E-state index contributed by atoms with van der Waals surface area (Å²) in [5.74, 6) is 2.41. The Labute approximate surface area is 108 Å².